The highest BCUT2D eigenvalue weighted by atomic mass is 16.3. The minimum atomic E-state index is 0.105. The molecule has 3 heterocycles. The van der Waals surface area contributed by atoms with Gasteiger partial charge < -0.3 is 19.5 Å². The summed E-state index contributed by atoms with van der Waals surface area (Å²) in [7, 11) is 0. The van der Waals surface area contributed by atoms with Gasteiger partial charge in [-0.05, 0) is 63.2 Å². The minimum absolute atomic E-state index is 0.105. The van der Waals surface area contributed by atoms with Crippen molar-refractivity contribution in [3.8, 4) is 0 Å². The van der Waals surface area contributed by atoms with Gasteiger partial charge in [0.05, 0.1) is 12.8 Å². The molecule has 1 aromatic rings. The number of carbonyl (C=O) groups excluding carboxylic acids is 2. The van der Waals surface area contributed by atoms with Crippen LogP contribution in [0.15, 0.2) is 22.8 Å². The number of rotatable bonds is 7. The molecular formula is C24H37N3O3. The molecule has 2 aliphatic heterocycles. The number of carbonyl (C=O) groups is 2. The van der Waals surface area contributed by atoms with Gasteiger partial charge in [0, 0.05) is 31.5 Å². The van der Waals surface area contributed by atoms with E-state index in [9.17, 15) is 9.59 Å². The lowest BCUT2D eigenvalue weighted by molar-refractivity contribution is -0.133. The van der Waals surface area contributed by atoms with Crippen molar-refractivity contribution in [1.82, 2.24) is 15.1 Å². The number of amides is 2. The highest BCUT2D eigenvalue weighted by molar-refractivity contribution is 5.78. The van der Waals surface area contributed by atoms with E-state index in [1.807, 2.05) is 12.1 Å². The normalized spacial score (nSPS) is 22.5. The number of nitrogens with zero attached hydrogens (tertiary/aromatic N) is 2. The zero-order chi connectivity index (χ0) is 20.8. The number of furan rings is 1. The monoisotopic (exact) mass is 415 g/mol. The Bertz CT molecular complexity index is 668. The number of hydrogen-bond acceptors (Lipinski definition) is 4. The maximum atomic E-state index is 12.6. The van der Waals surface area contributed by atoms with E-state index in [-0.39, 0.29) is 11.8 Å². The average molecular weight is 416 g/mol. The number of likely N-dealkylation sites (tertiary alicyclic amines) is 2. The van der Waals surface area contributed by atoms with Crippen molar-refractivity contribution in [3.05, 3.63) is 24.2 Å². The zero-order valence-corrected chi connectivity index (χ0v) is 18.2. The smallest absolute Gasteiger partial charge is 0.223 e. The van der Waals surface area contributed by atoms with E-state index in [0.717, 1.165) is 76.4 Å². The molecular weight excluding hydrogens is 378 g/mol. The first kappa shape index (κ1) is 21.4. The quantitative estimate of drug-likeness (QED) is 0.739. The molecule has 6 heteroatoms. The van der Waals surface area contributed by atoms with E-state index in [1.165, 1.54) is 25.7 Å². The van der Waals surface area contributed by atoms with Gasteiger partial charge in [0.2, 0.25) is 11.8 Å². The lowest BCUT2D eigenvalue weighted by atomic mass is 9.92. The summed E-state index contributed by atoms with van der Waals surface area (Å²) in [6.07, 6.45) is 12.8. The molecule has 0 spiro atoms. The first-order valence-corrected chi connectivity index (χ1v) is 12.0. The molecule has 1 N–H and O–H groups in total. The molecule has 3 aliphatic rings. The Hall–Kier alpha value is -1.82. The van der Waals surface area contributed by atoms with Crippen LogP contribution in [0.2, 0.25) is 0 Å². The van der Waals surface area contributed by atoms with Gasteiger partial charge in [0.15, 0.2) is 0 Å². The second-order valence-corrected chi connectivity index (χ2v) is 9.41. The van der Waals surface area contributed by atoms with E-state index in [0.29, 0.717) is 18.5 Å². The number of hydrogen-bond donors (Lipinski definition) is 1. The third kappa shape index (κ3) is 5.65. The standard InChI is InChI=1S/C24H37N3O3/c28-23(8-7-19-4-1-2-5-19)27-15-11-21(12-16-27)26-13-9-20(10-14-26)24(29)25-18-22-6-3-17-30-22/h3,6,17,19-21H,1-2,4-5,7-16,18H2,(H,25,29). The summed E-state index contributed by atoms with van der Waals surface area (Å²) in [5.41, 5.74) is 0. The molecule has 0 radical (unpaired) electrons. The second kappa shape index (κ2) is 10.5. The Balaban J connectivity index is 1.13. The third-order valence-corrected chi connectivity index (χ3v) is 7.49. The molecule has 4 rings (SSSR count). The summed E-state index contributed by atoms with van der Waals surface area (Å²) in [4.78, 5) is 29.6. The van der Waals surface area contributed by atoms with Crippen LogP contribution in [0.4, 0.5) is 0 Å². The summed E-state index contributed by atoms with van der Waals surface area (Å²) in [5, 5.41) is 3.00. The third-order valence-electron chi connectivity index (χ3n) is 7.49. The van der Waals surface area contributed by atoms with Crippen LogP contribution in [0.1, 0.15) is 70.0 Å². The van der Waals surface area contributed by atoms with Crippen molar-refractivity contribution < 1.29 is 14.0 Å². The first-order chi connectivity index (χ1) is 14.7. The van der Waals surface area contributed by atoms with Crippen molar-refractivity contribution in [1.29, 1.82) is 0 Å². The molecule has 30 heavy (non-hydrogen) atoms. The van der Waals surface area contributed by atoms with Gasteiger partial charge >= 0.3 is 0 Å². The summed E-state index contributed by atoms with van der Waals surface area (Å²) in [6.45, 7) is 4.24. The number of nitrogens with one attached hydrogen (secondary N) is 1. The average Bonchev–Trinajstić information content (AvgIpc) is 3.50. The van der Waals surface area contributed by atoms with Crippen LogP contribution >= 0.6 is 0 Å². The minimum Gasteiger partial charge on any atom is -0.467 e. The van der Waals surface area contributed by atoms with Crippen molar-refractivity contribution >= 4 is 11.8 Å². The molecule has 166 valence electrons. The molecule has 0 bridgehead atoms. The molecule has 6 nitrogen and oxygen atoms in total. The van der Waals surface area contributed by atoms with Crippen LogP contribution < -0.4 is 5.32 Å². The van der Waals surface area contributed by atoms with Gasteiger partial charge in [0.1, 0.15) is 5.76 Å². The molecule has 2 amide bonds. The van der Waals surface area contributed by atoms with Gasteiger partial charge in [-0.2, -0.15) is 0 Å². The summed E-state index contributed by atoms with van der Waals surface area (Å²) in [6, 6.07) is 4.29. The van der Waals surface area contributed by atoms with Crippen LogP contribution in [0.5, 0.6) is 0 Å². The van der Waals surface area contributed by atoms with Crippen molar-refractivity contribution in [2.24, 2.45) is 11.8 Å². The lowest BCUT2D eigenvalue weighted by Gasteiger charge is -2.41. The molecule has 2 saturated heterocycles. The first-order valence-electron chi connectivity index (χ1n) is 12.0. The molecule has 0 aromatic carbocycles. The van der Waals surface area contributed by atoms with Crippen LogP contribution in [-0.2, 0) is 16.1 Å². The lowest BCUT2D eigenvalue weighted by Crippen LogP contribution is -2.50. The fourth-order valence-electron chi connectivity index (χ4n) is 5.52. The van der Waals surface area contributed by atoms with Gasteiger partial charge in [-0.3, -0.25) is 9.59 Å². The maximum Gasteiger partial charge on any atom is 0.223 e. The van der Waals surface area contributed by atoms with Crippen LogP contribution in [0.3, 0.4) is 0 Å². The predicted molar refractivity (Wildman–Crippen MR) is 116 cm³/mol. The van der Waals surface area contributed by atoms with E-state index in [1.54, 1.807) is 6.26 Å². The SMILES string of the molecule is O=C(NCc1ccco1)C1CCN(C2CCN(C(=O)CCC3CCCC3)CC2)CC1. The van der Waals surface area contributed by atoms with Crippen molar-refractivity contribution in [2.45, 2.75) is 76.8 Å². The van der Waals surface area contributed by atoms with E-state index in [4.69, 9.17) is 4.42 Å². The highest BCUT2D eigenvalue weighted by Gasteiger charge is 2.31. The molecule has 1 aliphatic carbocycles. The molecule has 0 atom stereocenters. The van der Waals surface area contributed by atoms with Crippen LogP contribution in [0.25, 0.3) is 0 Å². The zero-order valence-electron chi connectivity index (χ0n) is 18.2. The van der Waals surface area contributed by atoms with Crippen LogP contribution in [-0.4, -0.2) is 53.8 Å². The maximum absolute atomic E-state index is 12.6. The summed E-state index contributed by atoms with van der Waals surface area (Å²) in [5.74, 6) is 2.21. The van der Waals surface area contributed by atoms with Crippen LogP contribution in [0, 0.1) is 11.8 Å². The van der Waals surface area contributed by atoms with Gasteiger partial charge in [-0.25, -0.2) is 0 Å². The Labute approximate surface area is 180 Å². The van der Waals surface area contributed by atoms with E-state index in [2.05, 4.69) is 15.1 Å². The van der Waals surface area contributed by atoms with E-state index < -0.39 is 0 Å². The van der Waals surface area contributed by atoms with Crippen molar-refractivity contribution in [3.63, 3.8) is 0 Å². The van der Waals surface area contributed by atoms with E-state index >= 15 is 0 Å². The molecule has 1 aromatic heterocycles. The fourth-order valence-corrected chi connectivity index (χ4v) is 5.52. The Kier molecular flexibility index (Phi) is 7.47. The summed E-state index contributed by atoms with van der Waals surface area (Å²) < 4.78 is 5.28. The molecule has 0 unspecified atom stereocenters. The number of piperidine rings is 2. The highest BCUT2D eigenvalue weighted by Crippen LogP contribution is 2.29. The Morgan fingerprint density at radius 3 is 2.40 bits per heavy atom. The fraction of sp³-hybridized carbons (Fsp3) is 0.750. The summed E-state index contributed by atoms with van der Waals surface area (Å²) >= 11 is 0. The predicted octanol–water partition coefficient (Wildman–Crippen LogP) is 3.57. The topological polar surface area (TPSA) is 65.8 Å². The van der Waals surface area contributed by atoms with Gasteiger partial charge in [-0.15, -0.1) is 0 Å². The second-order valence-electron chi connectivity index (χ2n) is 9.41. The largest absolute Gasteiger partial charge is 0.467 e. The van der Waals surface area contributed by atoms with Gasteiger partial charge in [0.25, 0.3) is 0 Å². The molecule has 3 fully saturated rings. The van der Waals surface area contributed by atoms with Gasteiger partial charge in [-0.1, -0.05) is 25.7 Å². The Morgan fingerprint density at radius 2 is 1.73 bits per heavy atom. The van der Waals surface area contributed by atoms with Crippen molar-refractivity contribution in [2.75, 3.05) is 26.2 Å². The Morgan fingerprint density at radius 1 is 1.00 bits per heavy atom. The molecule has 1 saturated carbocycles.